The van der Waals surface area contributed by atoms with Crippen molar-refractivity contribution in [2.45, 2.75) is 64.4 Å². The first-order valence-electron chi connectivity index (χ1n) is 5.96. The predicted octanol–water partition coefficient (Wildman–Crippen LogP) is 3.12. The lowest BCUT2D eigenvalue weighted by Gasteiger charge is -2.34. The predicted molar refractivity (Wildman–Crippen MR) is 54.5 cm³/mol. The van der Waals surface area contributed by atoms with Crippen LogP contribution in [0.3, 0.4) is 0 Å². The molecular formula is C12H22O. The van der Waals surface area contributed by atoms with Crippen molar-refractivity contribution in [1.29, 1.82) is 0 Å². The van der Waals surface area contributed by atoms with Crippen LogP contribution in [0.1, 0.15) is 58.3 Å². The van der Waals surface area contributed by atoms with Crippen molar-refractivity contribution < 1.29 is 5.11 Å². The monoisotopic (exact) mass is 182 g/mol. The lowest BCUT2D eigenvalue weighted by molar-refractivity contribution is 0.0366. The van der Waals surface area contributed by atoms with Gasteiger partial charge in [0, 0.05) is 0 Å². The minimum Gasteiger partial charge on any atom is -0.393 e. The summed E-state index contributed by atoms with van der Waals surface area (Å²) in [5.74, 6) is 0.639. The number of aliphatic hydroxyl groups excluding tert-OH is 1. The van der Waals surface area contributed by atoms with Crippen LogP contribution in [-0.4, -0.2) is 11.2 Å². The normalized spacial score (nSPS) is 34.2. The number of aliphatic hydroxyl groups is 1. The molecule has 13 heavy (non-hydrogen) atoms. The lowest BCUT2D eigenvalue weighted by Crippen LogP contribution is -2.31. The standard InChI is InChI=1S/C12H22O/c1-2-11(13)10-6-5-9-12(10)7-3-4-8-12/h10-11,13H,2-9H2,1H3. The largest absolute Gasteiger partial charge is 0.393 e. The molecule has 0 heterocycles. The van der Waals surface area contributed by atoms with Crippen LogP contribution in [0, 0.1) is 11.3 Å². The highest BCUT2D eigenvalue weighted by molar-refractivity contribution is 4.97. The molecule has 1 N–H and O–H groups in total. The maximum Gasteiger partial charge on any atom is 0.0571 e. The number of hydrogen-bond acceptors (Lipinski definition) is 1. The fourth-order valence-electron chi connectivity index (χ4n) is 3.75. The minimum absolute atomic E-state index is 0.0133. The third-order valence-electron chi connectivity index (χ3n) is 4.46. The van der Waals surface area contributed by atoms with Gasteiger partial charge in [-0.25, -0.2) is 0 Å². The summed E-state index contributed by atoms with van der Waals surface area (Å²) in [6, 6.07) is 0. The fraction of sp³-hybridized carbons (Fsp3) is 1.00. The van der Waals surface area contributed by atoms with E-state index in [1.165, 1.54) is 44.9 Å². The zero-order chi connectivity index (χ0) is 9.31. The second-order valence-electron chi connectivity index (χ2n) is 5.04. The van der Waals surface area contributed by atoms with Gasteiger partial charge in [0.2, 0.25) is 0 Å². The topological polar surface area (TPSA) is 20.2 Å². The Morgan fingerprint density at radius 3 is 2.46 bits per heavy atom. The molecular weight excluding hydrogens is 160 g/mol. The van der Waals surface area contributed by atoms with Crippen molar-refractivity contribution in [3.05, 3.63) is 0 Å². The molecule has 0 aliphatic heterocycles. The number of hydrogen-bond donors (Lipinski definition) is 1. The zero-order valence-corrected chi connectivity index (χ0v) is 8.76. The van der Waals surface area contributed by atoms with Gasteiger partial charge in [0.1, 0.15) is 0 Å². The summed E-state index contributed by atoms with van der Waals surface area (Å²) in [4.78, 5) is 0. The second kappa shape index (κ2) is 3.61. The lowest BCUT2D eigenvalue weighted by atomic mass is 9.73. The Balaban J connectivity index is 2.08. The molecule has 76 valence electrons. The molecule has 2 saturated carbocycles. The van der Waals surface area contributed by atoms with Crippen molar-refractivity contribution in [2.24, 2.45) is 11.3 Å². The van der Waals surface area contributed by atoms with Crippen LogP contribution in [0.2, 0.25) is 0 Å². The second-order valence-corrected chi connectivity index (χ2v) is 5.04. The van der Waals surface area contributed by atoms with E-state index >= 15 is 0 Å². The molecule has 0 radical (unpaired) electrons. The average molecular weight is 182 g/mol. The molecule has 2 rings (SSSR count). The van der Waals surface area contributed by atoms with Crippen LogP contribution in [0.5, 0.6) is 0 Å². The highest BCUT2D eigenvalue weighted by Gasteiger charge is 2.46. The molecule has 0 aromatic rings. The Labute approximate surface area is 81.5 Å². The molecule has 1 spiro atoms. The van der Waals surface area contributed by atoms with Crippen LogP contribution >= 0.6 is 0 Å². The van der Waals surface area contributed by atoms with Crippen molar-refractivity contribution in [2.75, 3.05) is 0 Å². The van der Waals surface area contributed by atoms with Crippen molar-refractivity contribution in [3.63, 3.8) is 0 Å². The van der Waals surface area contributed by atoms with E-state index in [0.717, 1.165) is 6.42 Å². The quantitative estimate of drug-likeness (QED) is 0.695. The Kier molecular flexibility index (Phi) is 2.64. The van der Waals surface area contributed by atoms with E-state index < -0.39 is 0 Å². The number of rotatable bonds is 2. The van der Waals surface area contributed by atoms with E-state index in [9.17, 15) is 5.11 Å². The Morgan fingerprint density at radius 1 is 1.23 bits per heavy atom. The van der Waals surface area contributed by atoms with E-state index in [0.29, 0.717) is 11.3 Å². The van der Waals surface area contributed by atoms with Gasteiger partial charge in [-0.15, -0.1) is 0 Å². The van der Waals surface area contributed by atoms with Crippen LogP contribution in [0.15, 0.2) is 0 Å². The maximum absolute atomic E-state index is 9.98. The maximum atomic E-state index is 9.98. The summed E-state index contributed by atoms with van der Waals surface area (Å²) in [5.41, 5.74) is 0.579. The smallest absolute Gasteiger partial charge is 0.0571 e. The first kappa shape index (κ1) is 9.51. The first-order valence-corrected chi connectivity index (χ1v) is 5.96. The molecule has 2 aliphatic carbocycles. The minimum atomic E-state index is -0.0133. The summed E-state index contributed by atoms with van der Waals surface area (Å²) in [5, 5.41) is 9.98. The van der Waals surface area contributed by atoms with Crippen LogP contribution in [0.4, 0.5) is 0 Å². The van der Waals surface area contributed by atoms with Gasteiger partial charge in [-0.05, 0) is 43.4 Å². The third kappa shape index (κ3) is 1.52. The fourth-order valence-corrected chi connectivity index (χ4v) is 3.75. The SMILES string of the molecule is CCC(O)C1CCCC12CCCC2. The van der Waals surface area contributed by atoms with Crippen LogP contribution in [0.25, 0.3) is 0 Å². The van der Waals surface area contributed by atoms with E-state index in [4.69, 9.17) is 0 Å². The van der Waals surface area contributed by atoms with E-state index in [1.54, 1.807) is 0 Å². The van der Waals surface area contributed by atoms with Gasteiger partial charge in [-0.1, -0.05) is 26.2 Å². The Morgan fingerprint density at radius 2 is 1.85 bits per heavy atom. The molecule has 2 fully saturated rings. The van der Waals surface area contributed by atoms with Gasteiger partial charge >= 0.3 is 0 Å². The Hall–Kier alpha value is -0.0400. The first-order chi connectivity index (χ1) is 6.28. The van der Waals surface area contributed by atoms with Crippen molar-refractivity contribution in [1.82, 2.24) is 0 Å². The van der Waals surface area contributed by atoms with Gasteiger partial charge in [0.05, 0.1) is 6.10 Å². The molecule has 0 aromatic carbocycles. The van der Waals surface area contributed by atoms with Gasteiger partial charge < -0.3 is 5.11 Å². The third-order valence-corrected chi connectivity index (χ3v) is 4.46. The summed E-state index contributed by atoms with van der Waals surface area (Å²) in [7, 11) is 0. The molecule has 0 saturated heterocycles. The summed E-state index contributed by atoms with van der Waals surface area (Å²) >= 11 is 0. The molecule has 0 amide bonds. The van der Waals surface area contributed by atoms with E-state index in [-0.39, 0.29) is 6.10 Å². The van der Waals surface area contributed by atoms with Gasteiger partial charge in [-0.2, -0.15) is 0 Å². The van der Waals surface area contributed by atoms with Crippen molar-refractivity contribution in [3.8, 4) is 0 Å². The summed E-state index contributed by atoms with van der Waals surface area (Å²) in [6.45, 7) is 2.12. The summed E-state index contributed by atoms with van der Waals surface area (Å²) < 4.78 is 0. The van der Waals surface area contributed by atoms with E-state index in [2.05, 4.69) is 6.92 Å². The highest BCUT2D eigenvalue weighted by atomic mass is 16.3. The molecule has 1 nitrogen and oxygen atoms in total. The molecule has 1 heteroatoms. The molecule has 2 atom stereocenters. The molecule has 0 bridgehead atoms. The van der Waals surface area contributed by atoms with Crippen molar-refractivity contribution >= 4 is 0 Å². The van der Waals surface area contributed by atoms with Gasteiger partial charge in [-0.3, -0.25) is 0 Å². The summed E-state index contributed by atoms with van der Waals surface area (Å²) in [6.07, 6.45) is 10.6. The van der Waals surface area contributed by atoms with Crippen LogP contribution in [-0.2, 0) is 0 Å². The van der Waals surface area contributed by atoms with Gasteiger partial charge in [0.15, 0.2) is 0 Å². The molecule has 0 aromatic heterocycles. The van der Waals surface area contributed by atoms with Gasteiger partial charge in [0.25, 0.3) is 0 Å². The Bertz CT molecular complexity index is 164. The molecule has 2 unspecified atom stereocenters. The van der Waals surface area contributed by atoms with E-state index in [1.807, 2.05) is 0 Å². The average Bonchev–Trinajstić information content (AvgIpc) is 2.76. The molecule has 2 aliphatic rings. The van der Waals surface area contributed by atoms with Crippen LogP contribution < -0.4 is 0 Å². The highest BCUT2D eigenvalue weighted by Crippen LogP contribution is 2.55. The zero-order valence-electron chi connectivity index (χ0n) is 8.76.